The van der Waals surface area contributed by atoms with Gasteiger partial charge in [0, 0.05) is 25.7 Å². The fourth-order valence-electron chi connectivity index (χ4n) is 4.32. The van der Waals surface area contributed by atoms with E-state index < -0.39 is 12.0 Å². The Morgan fingerprint density at radius 2 is 1.55 bits per heavy atom. The molecule has 0 N–H and O–H groups in total. The Balaban J connectivity index is 0.00000272. The molecule has 0 spiro atoms. The molecule has 2 aromatic carbocycles. The van der Waals surface area contributed by atoms with Gasteiger partial charge in [0.25, 0.3) is 0 Å². The lowest BCUT2D eigenvalue weighted by molar-refractivity contribution is -0.148. The van der Waals surface area contributed by atoms with Crippen LogP contribution in [0.3, 0.4) is 0 Å². The van der Waals surface area contributed by atoms with E-state index in [9.17, 15) is 13.2 Å². The minimum absolute atomic E-state index is 0. The van der Waals surface area contributed by atoms with E-state index in [2.05, 4.69) is 54.9 Å². The number of aromatic nitrogens is 2. The van der Waals surface area contributed by atoms with Crippen LogP contribution in [-0.4, -0.2) is 27.5 Å². The van der Waals surface area contributed by atoms with Crippen molar-refractivity contribution in [3.05, 3.63) is 65.5 Å². The van der Waals surface area contributed by atoms with Crippen LogP contribution in [0.2, 0.25) is 0 Å². The van der Waals surface area contributed by atoms with Crippen molar-refractivity contribution in [1.82, 2.24) is 14.5 Å². The molecular weight excluding hydrogens is 423 g/mol. The molecule has 31 heavy (non-hydrogen) atoms. The highest BCUT2D eigenvalue weighted by Gasteiger charge is 2.39. The normalized spacial score (nSPS) is 16.5. The summed E-state index contributed by atoms with van der Waals surface area (Å²) >= 11 is 0. The van der Waals surface area contributed by atoms with Crippen molar-refractivity contribution < 1.29 is 13.2 Å². The predicted octanol–water partition coefficient (Wildman–Crippen LogP) is 6.61. The van der Waals surface area contributed by atoms with Gasteiger partial charge in [-0.15, -0.1) is 12.4 Å². The van der Waals surface area contributed by atoms with Gasteiger partial charge >= 0.3 is 6.18 Å². The SMILES string of the molecule is CC(C)(C)c1ccc(CN2CCC(n3c(C(F)(F)F)nc4ccccc43)CC2)cc1.Cl. The lowest BCUT2D eigenvalue weighted by Gasteiger charge is -2.34. The number of halogens is 4. The van der Waals surface area contributed by atoms with Gasteiger partial charge in [0.05, 0.1) is 11.0 Å². The molecule has 4 rings (SSSR count). The van der Waals surface area contributed by atoms with Crippen LogP contribution in [0.4, 0.5) is 13.2 Å². The molecule has 0 unspecified atom stereocenters. The second-order valence-corrected chi connectivity index (χ2v) is 9.25. The van der Waals surface area contributed by atoms with Crippen molar-refractivity contribution in [2.75, 3.05) is 13.1 Å². The van der Waals surface area contributed by atoms with E-state index in [0.717, 1.165) is 19.6 Å². The van der Waals surface area contributed by atoms with E-state index in [4.69, 9.17) is 0 Å². The van der Waals surface area contributed by atoms with Gasteiger partial charge in [-0.25, -0.2) is 4.98 Å². The summed E-state index contributed by atoms with van der Waals surface area (Å²) in [6.07, 6.45) is -3.09. The Bertz CT molecular complexity index is 1010. The third-order valence-corrected chi connectivity index (χ3v) is 6.00. The average Bonchev–Trinajstić information content (AvgIpc) is 3.08. The van der Waals surface area contributed by atoms with Gasteiger partial charge in [-0.3, -0.25) is 4.90 Å². The minimum Gasteiger partial charge on any atom is -0.317 e. The van der Waals surface area contributed by atoms with Crippen molar-refractivity contribution in [1.29, 1.82) is 0 Å². The van der Waals surface area contributed by atoms with E-state index >= 15 is 0 Å². The molecule has 2 heterocycles. The number of piperidine rings is 1. The lowest BCUT2D eigenvalue weighted by Crippen LogP contribution is -2.35. The van der Waals surface area contributed by atoms with Gasteiger partial charge in [-0.05, 0) is 41.5 Å². The Kier molecular flexibility index (Phi) is 6.72. The maximum atomic E-state index is 13.6. The predicted molar refractivity (Wildman–Crippen MR) is 121 cm³/mol. The largest absolute Gasteiger partial charge is 0.449 e. The summed E-state index contributed by atoms with van der Waals surface area (Å²) in [4.78, 5) is 6.23. The molecule has 1 saturated heterocycles. The second kappa shape index (κ2) is 8.83. The molecular formula is C24H29ClF3N3. The van der Waals surface area contributed by atoms with Crippen molar-refractivity contribution >= 4 is 23.4 Å². The number of benzene rings is 2. The molecule has 0 amide bonds. The van der Waals surface area contributed by atoms with Crippen LogP contribution < -0.4 is 0 Å². The molecule has 7 heteroatoms. The lowest BCUT2D eigenvalue weighted by atomic mass is 9.86. The van der Waals surface area contributed by atoms with Crippen LogP contribution in [0.5, 0.6) is 0 Å². The van der Waals surface area contributed by atoms with Crippen molar-refractivity contribution in [2.24, 2.45) is 0 Å². The number of rotatable bonds is 3. The Morgan fingerprint density at radius 3 is 2.13 bits per heavy atom. The second-order valence-electron chi connectivity index (χ2n) is 9.25. The first-order chi connectivity index (χ1) is 14.1. The summed E-state index contributed by atoms with van der Waals surface area (Å²) in [5, 5.41) is 0. The van der Waals surface area contributed by atoms with Crippen molar-refractivity contribution in [3.8, 4) is 0 Å². The molecule has 1 aromatic heterocycles. The van der Waals surface area contributed by atoms with E-state index in [1.165, 1.54) is 15.7 Å². The number of nitrogens with zero attached hydrogens (tertiary/aromatic N) is 3. The first-order valence-electron chi connectivity index (χ1n) is 10.5. The fraction of sp³-hybridized carbons (Fsp3) is 0.458. The van der Waals surface area contributed by atoms with E-state index in [1.807, 2.05) is 0 Å². The molecule has 1 fully saturated rings. The van der Waals surface area contributed by atoms with Crippen molar-refractivity contribution in [2.45, 2.75) is 57.8 Å². The number of fused-ring (bicyclic) bond motifs is 1. The summed E-state index contributed by atoms with van der Waals surface area (Å²) < 4.78 is 42.3. The zero-order chi connectivity index (χ0) is 21.5. The smallest absolute Gasteiger partial charge is 0.317 e. The molecule has 3 nitrogen and oxygen atoms in total. The summed E-state index contributed by atoms with van der Waals surface area (Å²) in [6, 6.07) is 15.4. The Hall–Kier alpha value is -2.05. The van der Waals surface area contributed by atoms with Gasteiger partial charge in [0.15, 0.2) is 0 Å². The van der Waals surface area contributed by atoms with Crippen LogP contribution in [0, 0.1) is 0 Å². The first-order valence-corrected chi connectivity index (χ1v) is 10.5. The van der Waals surface area contributed by atoms with Crippen LogP contribution in [-0.2, 0) is 18.1 Å². The third kappa shape index (κ3) is 5.07. The van der Waals surface area contributed by atoms with Gasteiger partial charge in [0.2, 0.25) is 5.82 Å². The number of imidazole rings is 1. The number of hydrogen-bond acceptors (Lipinski definition) is 2. The highest BCUT2D eigenvalue weighted by Crippen LogP contribution is 2.36. The zero-order valence-corrected chi connectivity index (χ0v) is 18.9. The summed E-state index contributed by atoms with van der Waals surface area (Å²) in [7, 11) is 0. The summed E-state index contributed by atoms with van der Waals surface area (Å²) in [6.45, 7) is 8.96. The summed E-state index contributed by atoms with van der Waals surface area (Å²) in [5.74, 6) is -0.778. The molecule has 0 bridgehead atoms. The van der Waals surface area contributed by atoms with E-state index in [0.29, 0.717) is 23.9 Å². The van der Waals surface area contributed by atoms with Crippen LogP contribution in [0.15, 0.2) is 48.5 Å². The molecule has 1 aliphatic heterocycles. The maximum Gasteiger partial charge on any atom is 0.449 e. The van der Waals surface area contributed by atoms with E-state index in [1.54, 1.807) is 24.3 Å². The van der Waals surface area contributed by atoms with Crippen LogP contribution >= 0.6 is 12.4 Å². The monoisotopic (exact) mass is 451 g/mol. The number of hydrogen-bond donors (Lipinski definition) is 0. The van der Waals surface area contributed by atoms with Gasteiger partial charge in [-0.1, -0.05) is 57.2 Å². The Morgan fingerprint density at radius 1 is 0.935 bits per heavy atom. The van der Waals surface area contributed by atoms with Crippen molar-refractivity contribution in [3.63, 3.8) is 0 Å². The number of likely N-dealkylation sites (tertiary alicyclic amines) is 1. The quantitative estimate of drug-likeness (QED) is 0.446. The number of para-hydroxylation sites is 2. The number of alkyl halides is 3. The standard InChI is InChI=1S/C24H28F3N3.ClH/c1-23(2,3)18-10-8-17(9-11-18)16-29-14-12-19(13-15-29)30-21-7-5-4-6-20(21)28-22(30)24(25,26)27;/h4-11,19H,12-16H2,1-3H3;1H. The zero-order valence-electron chi connectivity index (χ0n) is 18.1. The molecule has 0 atom stereocenters. The topological polar surface area (TPSA) is 21.1 Å². The molecule has 0 radical (unpaired) electrons. The van der Waals surface area contributed by atoms with Gasteiger partial charge < -0.3 is 4.57 Å². The minimum atomic E-state index is -4.45. The van der Waals surface area contributed by atoms with Gasteiger partial charge in [0.1, 0.15) is 0 Å². The maximum absolute atomic E-state index is 13.6. The molecule has 0 saturated carbocycles. The molecule has 0 aliphatic carbocycles. The molecule has 168 valence electrons. The van der Waals surface area contributed by atoms with Gasteiger partial charge in [-0.2, -0.15) is 13.2 Å². The van der Waals surface area contributed by atoms with Crippen LogP contribution in [0.25, 0.3) is 11.0 Å². The first kappa shape index (κ1) is 23.6. The highest BCUT2D eigenvalue weighted by atomic mass is 35.5. The average molecular weight is 452 g/mol. The summed E-state index contributed by atoms with van der Waals surface area (Å²) in [5.41, 5.74) is 3.65. The van der Waals surface area contributed by atoms with Crippen LogP contribution in [0.1, 0.15) is 56.6 Å². The fourth-order valence-corrected chi connectivity index (χ4v) is 4.32. The highest BCUT2D eigenvalue weighted by molar-refractivity contribution is 5.85. The molecule has 1 aliphatic rings. The van der Waals surface area contributed by atoms with E-state index in [-0.39, 0.29) is 23.9 Å². The third-order valence-electron chi connectivity index (χ3n) is 6.00. The Labute approximate surface area is 187 Å². The molecule has 3 aromatic rings.